The van der Waals surface area contributed by atoms with Crippen LogP contribution in [-0.2, 0) is 14.3 Å². The van der Waals surface area contributed by atoms with Crippen molar-refractivity contribution in [2.75, 3.05) is 4.90 Å². The van der Waals surface area contributed by atoms with Gasteiger partial charge in [0, 0.05) is 21.5 Å². The molecule has 8 heteroatoms. The Morgan fingerprint density at radius 2 is 1.62 bits per heavy atom. The van der Waals surface area contributed by atoms with Crippen molar-refractivity contribution < 1.29 is 23.9 Å². The molecule has 210 valence electrons. The topological polar surface area (TPSA) is 93.6 Å². The number of halogens is 1. The molecule has 0 radical (unpaired) electrons. The average Bonchev–Trinajstić information content (AvgIpc) is 3.69. The number of fused-ring (bicyclic) bond motifs is 6. The molecule has 1 aromatic heterocycles. The fourth-order valence-electron chi connectivity index (χ4n) is 7.11. The van der Waals surface area contributed by atoms with E-state index >= 15 is 0 Å². The fourth-order valence-corrected chi connectivity index (χ4v) is 7.30. The first-order valence-electron chi connectivity index (χ1n) is 14.2. The molecule has 0 N–H and O–H groups in total. The quantitative estimate of drug-likeness (QED) is 0.147. The molecule has 5 atom stereocenters. The second-order valence-electron chi connectivity index (χ2n) is 11.4. The maximum absolute atomic E-state index is 13.5. The van der Waals surface area contributed by atoms with Crippen molar-refractivity contribution in [1.82, 2.24) is 4.98 Å². The van der Waals surface area contributed by atoms with Gasteiger partial charge < -0.3 is 4.74 Å². The third-order valence-electron chi connectivity index (χ3n) is 9.03. The molecule has 0 unspecified atom stereocenters. The summed E-state index contributed by atoms with van der Waals surface area (Å²) in [5, 5.41) is 0.997. The van der Waals surface area contributed by atoms with Gasteiger partial charge in [0.15, 0.2) is 6.10 Å². The Hall–Kier alpha value is -4.36. The summed E-state index contributed by atoms with van der Waals surface area (Å²) in [5.41, 5.74) is 2.82. The van der Waals surface area contributed by atoms with Crippen LogP contribution in [0.25, 0.3) is 22.2 Å². The van der Waals surface area contributed by atoms with Crippen molar-refractivity contribution in [3.63, 3.8) is 0 Å². The van der Waals surface area contributed by atoms with Crippen LogP contribution in [0.3, 0.4) is 0 Å². The van der Waals surface area contributed by atoms with Gasteiger partial charge in [0.25, 0.3) is 0 Å². The largest absolute Gasteiger partial charge is 0.451 e. The lowest BCUT2D eigenvalue weighted by Gasteiger charge is -2.19. The zero-order chi connectivity index (χ0) is 29.1. The highest BCUT2D eigenvalue weighted by Crippen LogP contribution is 2.56. The Morgan fingerprint density at radius 1 is 0.905 bits per heavy atom. The highest BCUT2D eigenvalue weighted by molar-refractivity contribution is 6.31. The average molecular weight is 579 g/mol. The first-order chi connectivity index (χ1) is 20.3. The number of pyridine rings is 1. The lowest BCUT2D eigenvalue weighted by molar-refractivity contribution is -0.123. The summed E-state index contributed by atoms with van der Waals surface area (Å²) >= 11 is 6.04. The van der Waals surface area contributed by atoms with Gasteiger partial charge in [0.05, 0.1) is 34.3 Å². The molecule has 3 aliphatic rings. The molecule has 1 saturated heterocycles. The van der Waals surface area contributed by atoms with Gasteiger partial charge in [-0.05, 0) is 74.4 Å². The van der Waals surface area contributed by atoms with Gasteiger partial charge in [0.2, 0.25) is 17.6 Å². The number of benzene rings is 3. The maximum Gasteiger partial charge on any atom is 0.339 e. The number of rotatable bonds is 6. The van der Waals surface area contributed by atoms with Crippen molar-refractivity contribution >= 4 is 51.8 Å². The van der Waals surface area contributed by atoms with Gasteiger partial charge in [-0.25, -0.2) is 9.78 Å². The zero-order valence-electron chi connectivity index (χ0n) is 22.8. The summed E-state index contributed by atoms with van der Waals surface area (Å²) in [7, 11) is 0. The van der Waals surface area contributed by atoms with Gasteiger partial charge in [0.1, 0.15) is 0 Å². The summed E-state index contributed by atoms with van der Waals surface area (Å²) < 4.78 is 5.64. The van der Waals surface area contributed by atoms with Gasteiger partial charge in [-0.1, -0.05) is 54.1 Å². The van der Waals surface area contributed by atoms with E-state index in [0.29, 0.717) is 50.3 Å². The molecular formula is C34H27ClN2O5. The lowest BCUT2D eigenvalue weighted by Crippen LogP contribution is -2.32. The van der Waals surface area contributed by atoms with E-state index in [0.717, 1.165) is 19.3 Å². The summed E-state index contributed by atoms with van der Waals surface area (Å²) in [6.07, 6.45) is 1.96. The number of imide groups is 1. The fraction of sp³-hybridized carbons (Fsp3) is 0.265. The van der Waals surface area contributed by atoms with Crippen LogP contribution in [0, 0.1) is 23.7 Å². The number of carbonyl (C=O) groups excluding carboxylic acids is 4. The number of hydrogen-bond donors (Lipinski definition) is 0. The number of esters is 1. The molecule has 3 aromatic carbocycles. The molecule has 0 spiro atoms. The van der Waals surface area contributed by atoms with Crippen molar-refractivity contribution in [3.05, 3.63) is 95.0 Å². The Kier molecular flexibility index (Phi) is 6.43. The highest BCUT2D eigenvalue weighted by Gasteiger charge is 2.61. The summed E-state index contributed by atoms with van der Waals surface area (Å²) in [5.74, 6) is -1.07. The van der Waals surface area contributed by atoms with E-state index in [9.17, 15) is 19.2 Å². The van der Waals surface area contributed by atoms with Crippen LogP contribution in [0.2, 0.25) is 5.02 Å². The lowest BCUT2D eigenvalue weighted by atomic mass is 9.81. The number of nitrogens with zero attached hydrogens (tertiary/aromatic N) is 2. The standard InChI is InChI=1S/C34H27ClN2O5/c1-18(31(38)22-7-4-8-23(35)15-22)42-34(41)26-17-28(36-27-11-3-2-10-25(26)27)19-6-5-9-24(16-19)37-32(39)29-20-12-13-21(14-20)30(29)33(37)40/h2-11,15-18,20-21,29-30H,12-14H2,1H3/t18-,20-,21+,29-,30-/m0/s1. The molecular weight excluding hydrogens is 552 g/mol. The third-order valence-corrected chi connectivity index (χ3v) is 9.26. The Bertz CT molecular complexity index is 1770. The normalized spacial score (nSPS) is 23.3. The maximum atomic E-state index is 13.5. The predicted octanol–water partition coefficient (Wildman–Crippen LogP) is 6.52. The van der Waals surface area contributed by atoms with Crippen LogP contribution in [0.4, 0.5) is 5.69 Å². The van der Waals surface area contributed by atoms with Gasteiger partial charge in [-0.2, -0.15) is 0 Å². The number of Topliss-reactive ketones (excluding diaryl/α,β-unsaturated/α-hetero) is 1. The second-order valence-corrected chi connectivity index (χ2v) is 11.9. The van der Waals surface area contributed by atoms with E-state index in [1.165, 1.54) is 17.9 Å². The van der Waals surface area contributed by atoms with E-state index in [1.54, 1.807) is 60.7 Å². The smallest absolute Gasteiger partial charge is 0.339 e. The van der Waals surface area contributed by atoms with E-state index in [-0.39, 0.29) is 35.0 Å². The van der Waals surface area contributed by atoms with Crippen LogP contribution < -0.4 is 4.90 Å². The summed E-state index contributed by atoms with van der Waals surface area (Å²) in [4.78, 5) is 59.4. The molecule has 4 aromatic rings. The van der Waals surface area contributed by atoms with Gasteiger partial charge in [-0.3, -0.25) is 19.3 Å². The molecule has 3 fully saturated rings. The van der Waals surface area contributed by atoms with Crippen LogP contribution in [0.5, 0.6) is 0 Å². The molecule has 2 bridgehead atoms. The minimum absolute atomic E-state index is 0.108. The van der Waals surface area contributed by atoms with Crippen molar-refractivity contribution in [2.24, 2.45) is 23.7 Å². The van der Waals surface area contributed by atoms with E-state index in [1.807, 2.05) is 12.1 Å². The second kappa shape index (κ2) is 10.2. The number of aromatic nitrogens is 1. The number of amides is 2. The molecule has 7 rings (SSSR count). The first kappa shape index (κ1) is 26.5. The number of hydrogen-bond acceptors (Lipinski definition) is 6. The number of ether oxygens (including phenoxy) is 1. The third kappa shape index (κ3) is 4.31. The van der Waals surface area contributed by atoms with Gasteiger partial charge in [-0.15, -0.1) is 0 Å². The molecule has 7 nitrogen and oxygen atoms in total. The molecule has 2 saturated carbocycles. The van der Waals surface area contributed by atoms with Crippen LogP contribution in [0.15, 0.2) is 78.9 Å². The van der Waals surface area contributed by atoms with Crippen molar-refractivity contribution in [3.8, 4) is 11.3 Å². The van der Waals surface area contributed by atoms with Crippen LogP contribution >= 0.6 is 11.6 Å². The number of ketones is 1. The monoisotopic (exact) mass is 578 g/mol. The predicted molar refractivity (Wildman–Crippen MR) is 158 cm³/mol. The SMILES string of the molecule is C[C@H](OC(=O)c1cc(-c2cccc(N3C(=O)[C@H]4[C@@H]5CC[C@@H](C5)[C@@H]4C3=O)c2)nc2ccccc12)C(=O)c1cccc(Cl)c1. The molecule has 1 aliphatic heterocycles. The van der Waals surface area contributed by atoms with Crippen molar-refractivity contribution in [2.45, 2.75) is 32.3 Å². The number of para-hydroxylation sites is 1. The first-order valence-corrected chi connectivity index (χ1v) is 14.6. The Morgan fingerprint density at radius 3 is 2.36 bits per heavy atom. The van der Waals surface area contributed by atoms with Crippen molar-refractivity contribution in [1.29, 1.82) is 0 Å². The zero-order valence-corrected chi connectivity index (χ0v) is 23.6. The molecule has 2 amide bonds. The molecule has 2 heterocycles. The van der Waals surface area contributed by atoms with E-state index in [2.05, 4.69) is 0 Å². The molecule has 42 heavy (non-hydrogen) atoms. The van der Waals surface area contributed by atoms with Gasteiger partial charge >= 0.3 is 5.97 Å². The van der Waals surface area contributed by atoms with E-state index < -0.39 is 12.1 Å². The number of anilines is 1. The summed E-state index contributed by atoms with van der Waals surface area (Å²) in [6.45, 7) is 1.53. The summed E-state index contributed by atoms with van der Waals surface area (Å²) in [6, 6.07) is 22.5. The Labute approximate surface area is 247 Å². The van der Waals surface area contributed by atoms with E-state index in [4.69, 9.17) is 21.3 Å². The highest BCUT2D eigenvalue weighted by atomic mass is 35.5. The number of carbonyl (C=O) groups is 4. The minimum atomic E-state index is -1.04. The van der Waals surface area contributed by atoms with Crippen LogP contribution in [-0.4, -0.2) is 34.7 Å². The van der Waals surface area contributed by atoms with Crippen LogP contribution in [0.1, 0.15) is 46.9 Å². The minimum Gasteiger partial charge on any atom is -0.451 e. The molecule has 2 aliphatic carbocycles. The Balaban J connectivity index is 1.21.